The van der Waals surface area contributed by atoms with Crippen LogP contribution in [0, 0.1) is 0 Å². The molecule has 1 fully saturated rings. The molecule has 4 rings (SSSR count). The fourth-order valence-corrected chi connectivity index (χ4v) is 3.25. The number of aromatic nitrogens is 2. The van der Waals surface area contributed by atoms with Gasteiger partial charge in [-0.2, -0.15) is 0 Å². The maximum atomic E-state index is 5.44. The number of hydrogen-bond donors (Lipinski definition) is 1. The fourth-order valence-electron chi connectivity index (χ4n) is 3.25. The van der Waals surface area contributed by atoms with Crippen LogP contribution in [0.25, 0.3) is 0 Å². The minimum atomic E-state index is 0.701. The van der Waals surface area contributed by atoms with Gasteiger partial charge in [0.1, 0.15) is 5.82 Å². The van der Waals surface area contributed by atoms with Gasteiger partial charge in [0.15, 0.2) is 0 Å². The van der Waals surface area contributed by atoms with Crippen molar-refractivity contribution in [3.05, 3.63) is 78.4 Å². The average molecular weight is 348 g/mol. The van der Waals surface area contributed by atoms with Crippen LogP contribution < -0.4 is 10.2 Å². The van der Waals surface area contributed by atoms with Crippen LogP contribution in [-0.2, 0) is 17.8 Å². The number of nitrogens with one attached hydrogen (secondary N) is 1. The molecule has 0 spiro atoms. The Hall–Kier alpha value is -2.79. The molecule has 1 aliphatic rings. The molecule has 134 valence electrons. The van der Waals surface area contributed by atoms with Gasteiger partial charge in [-0.1, -0.05) is 36.4 Å². The van der Waals surface area contributed by atoms with Gasteiger partial charge in [0, 0.05) is 43.4 Å². The molecule has 26 heavy (non-hydrogen) atoms. The standard InChI is InChI=1S/C21H24N4O/c1-2-5-18(6-3-1)17-25-10-9-22-21(25)16-23-19-7-4-8-20(15-19)24-11-13-26-14-12-24/h1-10,15,23H,11-14,16-17H2. The molecule has 0 bridgehead atoms. The van der Waals surface area contributed by atoms with Crippen LogP contribution in [0.2, 0.25) is 0 Å². The highest BCUT2D eigenvalue weighted by molar-refractivity contribution is 5.58. The monoisotopic (exact) mass is 348 g/mol. The van der Waals surface area contributed by atoms with E-state index in [0.717, 1.165) is 44.4 Å². The third-order valence-corrected chi connectivity index (χ3v) is 4.67. The number of rotatable bonds is 6. The topological polar surface area (TPSA) is 42.3 Å². The first kappa shape index (κ1) is 16.7. The Morgan fingerprint density at radius 3 is 2.69 bits per heavy atom. The van der Waals surface area contributed by atoms with E-state index in [1.807, 2.05) is 18.5 Å². The molecule has 3 aromatic rings. The summed E-state index contributed by atoms with van der Waals surface area (Å²) in [5, 5.41) is 3.51. The smallest absolute Gasteiger partial charge is 0.128 e. The quantitative estimate of drug-likeness (QED) is 0.742. The molecule has 0 atom stereocenters. The molecule has 0 radical (unpaired) electrons. The zero-order valence-corrected chi connectivity index (χ0v) is 14.8. The van der Waals surface area contributed by atoms with Gasteiger partial charge in [-0.15, -0.1) is 0 Å². The lowest BCUT2D eigenvalue weighted by atomic mass is 10.2. The minimum absolute atomic E-state index is 0.701. The third-order valence-electron chi connectivity index (χ3n) is 4.67. The van der Waals surface area contributed by atoms with Crippen molar-refractivity contribution < 1.29 is 4.74 Å². The highest BCUT2D eigenvalue weighted by Gasteiger charge is 2.11. The second-order valence-corrected chi connectivity index (χ2v) is 6.46. The predicted octanol–water partition coefficient (Wildman–Crippen LogP) is 3.38. The van der Waals surface area contributed by atoms with E-state index in [1.54, 1.807) is 0 Å². The Morgan fingerprint density at radius 2 is 1.85 bits per heavy atom. The van der Waals surface area contributed by atoms with Gasteiger partial charge >= 0.3 is 0 Å². The van der Waals surface area contributed by atoms with Crippen LogP contribution in [0.3, 0.4) is 0 Å². The van der Waals surface area contributed by atoms with Crippen LogP contribution in [0.5, 0.6) is 0 Å². The normalized spacial score (nSPS) is 14.4. The molecule has 5 heteroatoms. The van der Waals surface area contributed by atoms with Gasteiger partial charge < -0.3 is 19.5 Å². The van der Waals surface area contributed by atoms with E-state index < -0.39 is 0 Å². The number of ether oxygens (including phenoxy) is 1. The number of nitrogens with zero attached hydrogens (tertiary/aromatic N) is 3. The summed E-state index contributed by atoms with van der Waals surface area (Å²) in [6.07, 6.45) is 3.90. The Labute approximate surface area is 154 Å². The maximum absolute atomic E-state index is 5.44. The van der Waals surface area contributed by atoms with Crippen LogP contribution in [0.1, 0.15) is 11.4 Å². The zero-order valence-electron chi connectivity index (χ0n) is 14.8. The highest BCUT2D eigenvalue weighted by Crippen LogP contribution is 2.21. The Kier molecular flexibility index (Phi) is 5.17. The van der Waals surface area contributed by atoms with Gasteiger partial charge in [0.05, 0.1) is 19.8 Å². The summed E-state index contributed by atoms with van der Waals surface area (Å²) < 4.78 is 7.63. The molecule has 0 aliphatic carbocycles. The highest BCUT2D eigenvalue weighted by atomic mass is 16.5. The van der Waals surface area contributed by atoms with E-state index in [4.69, 9.17) is 4.74 Å². The van der Waals surface area contributed by atoms with Crippen LogP contribution in [0.15, 0.2) is 67.0 Å². The van der Waals surface area contributed by atoms with E-state index >= 15 is 0 Å². The zero-order chi connectivity index (χ0) is 17.6. The van der Waals surface area contributed by atoms with E-state index in [2.05, 4.69) is 68.3 Å². The average Bonchev–Trinajstić information content (AvgIpc) is 3.15. The molecule has 0 unspecified atom stereocenters. The lowest BCUT2D eigenvalue weighted by molar-refractivity contribution is 0.122. The number of anilines is 2. The van der Waals surface area contributed by atoms with E-state index in [-0.39, 0.29) is 0 Å². The van der Waals surface area contributed by atoms with Gasteiger partial charge in [-0.3, -0.25) is 0 Å². The minimum Gasteiger partial charge on any atom is -0.378 e. The van der Waals surface area contributed by atoms with E-state index in [1.165, 1.54) is 11.3 Å². The predicted molar refractivity (Wildman–Crippen MR) is 105 cm³/mol. The van der Waals surface area contributed by atoms with Gasteiger partial charge in [0.2, 0.25) is 0 Å². The summed E-state index contributed by atoms with van der Waals surface area (Å²) in [7, 11) is 0. The van der Waals surface area contributed by atoms with Crippen molar-refractivity contribution in [1.82, 2.24) is 9.55 Å². The largest absolute Gasteiger partial charge is 0.378 e. The summed E-state index contributed by atoms with van der Waals surface area (Å²) in [6, 6.07) is 19.0. The molecule has 1 saturated heterocycles. The molecule has 1 aromatic heterocycles. The first-order valence-electron chi connectivity index (χ1n) is 9.09. The summed E-state index contributed by atoms with van der Waals surface area (Å²) in [5.74, 6) is 1.03. The van der Waals surface area contributed by atoms with Crippen LogP contribution in [0.4, 0.5) is 11.4 Å². The second kappa shape index (κ2) is 8.06. The van der Waals surface area contributed by atoms with Crippen molar-refractivity contribution >= 4 is 11.4 Å². The molecule has 0 amide bonds. The third kappa shape index (κ3) is 4.06. The molecular weight excluding hydrogens is 324 g/mol. The molecule has 0 saturated carbocycles. The molecule has 5 nitrogen and oxygen atoms in total. The van der Waals surface area contributed by atoms with Crippen molar-refractivity contribution in [2.75, 3.05) is 36.5 Å². The van der Waals surface area contributed by atoms with E-state index in [0.29, 0.717) is 6.54 Å². The number of imidazole rings is 1. The van der Waals surface area contributed by atoms with Crippen molar-refractivity contribution in [3.8, 4) is 0 Å². The Bertz CT molecular complexity index is 825. The summed E-state index contributed by atoms with van der Waals surface area (Å²) in [5.41, 5.74) is 3.63. The van der Waals surface area contributed by atoms with Crippen LogP contribution >= 0.6 is 0 Å². The molecular formula is C21H24N4O. The molecule has 2 aromatic carbocycles. The second-order valence-electron chi connectivity index (χ2n) is 6.46. The van der Waals surface area contributed by atoms with Crippen molar-refractivity contribution in [2.45, 2.75) is 13.1 Å². The number of morpholine rings is 1. The first-order valence-corrected chi connectivity index (χ1v) is 9.09. The van der Waals surface area contributed by atoms with Crippen LogP contribution in [-0.4, -0.2) is 35.9 Å². The van der Waals surface area contributed by atoms with Gasteiger partial charge in [0.25, 0.3) is 0 Å². The molecule has 1 aliphatic heterocycles. The summed E-state index contributed by atoms with van der Waals surface area (Å²) >= 11 is 0. The first-order chi connectivity index (χ1) is 12.9. The Morgan fingerprint density at radius 1 is 1.00 bits per heavy atom. The Balaban J connectivity index is 1.41. The van der Waals surface area contributed by atoms with Gasteiger partial charge in [-0.25, -0.2) is 4.98 Å². The summed E-state index contributed by atoms with van der Waals surface area (Å²) in [6.45, 7) is 5.04. The molecule has 1 N–H and O–H groups in total. The molecule has 2 heterocycles. The lowest BCUT2D eigenvalue weighted by Crippen LogP contribution is -2.36. The number of hydrogen-bond acceptors (Lipinski definition) is 4. The van der Waals surface area contributed by atoms with Gasteiger partial charge in [-0.05, 0) is 23.8 Å². The summed E-state index contributed by atoms with van der Waals surface area (Å²) in [4.78, 5) is 6.88. The maximum Gasteiger partial charge on any atom is 0.128 e. The van der Waals surface area contributed by atoms with Crippen molar-refractivity contribution in [2.24, 2.45) is 0 Å². The fraction of sp³-hybridized carbons (Fsp3) is 0.286. The lowest BCUT2D eigenvalue weighted by Gasteiger charge is -2.29. The SMILES string of the molecule is c1ccc(Cn2ccnc2CNc2cccc(N3CCOCC3)c2)cc1. The van der Waals surface area contributed by atoms with E-state index in [9.17, 15) is 0 Å². The van der Waals surface area contributed by atoms with Crippen molar-refractivity contribution in [3.63, 3.8) is 0 Å². The van der Waals surface area contributed by atoms with Crippen molar-refractivity contribution in [1.29, 1.82) is 0 Å². The number of benzene rings is 2.